The Morgan fingerprint density at radius 3 is 1.97 bits per heavy atom. The van der Waals surface area contributed by atoms with Gasteiger partial charge in [-0.15, -0.1) is 0 Å². The van der Waals surface area contributed by atoms with Gasteiger partial charge < -0.3 is 24.3 Å². The smallest absolute Gasteiger partial charge is 0.251 e. The molecule has 6 heteroatoms. The summed E-state index contributed by atoms with van der Waals surface area (Å²) in [5.74, 6) is 2.30. The van der Waals surface area contributed by atoms with Gasteiger partial charge in [0.25, 0.3) is 5.91 Å². The first-order valence-electron chi connectivity index (χ1n) is 12.1. The molecule has 6 nitrogen and oxygen atoms in total. The third-order valence-corrected chi connectivity index (χ3v) is 6.27. The Balaban J connectivity index is 1.85. The van der Waals surface area contributed by atoms with Gasteiger partial charge in [0.2, 0.25) is 5.75 Å². The molecule has 180 valence electrons. The summed E-state index contributed by atoms with van der Waals surface area (Å²) in [6.07, 6.45) is 5.66. The molecule has 0 aromatic heterocycles. The van der Waals surface area contributed by atoms with E-state index >= 15 is 0 Å². The lowest BCUT2D eigenvalue weighted by atomic mass is 9.69. The van der Waals surface area contributed by atoms with Crippen LogP contribution in [0.15, 0.2) is 36.4 Å². The maximum Gasteiger partial charge on any atom is 0.251 e. The number of methoxy groups -OCH3 is 1. The fraction of sp³-hybridized carbons (Fsp3) is 0.519. The molecule has 33 heavy (non-hydrogen) atoms. The summed E-state index contributed by atoms with van der Waals surface area (Å²) in [4.78, 5) is 13.3. The summed E-state index contributed by atoms with van der Waals surface area (Å²) in [7, 11) is 1.68. The summed E-state index contributed by atoms with van der Waals surface area (Å²) < 4.78 is 22.6. The van der Waals surface area contributed by atoms with E-state index in [1.165, 1.54) is 12.0 Å². The average molecular weight is 456 g/mol. The van der Waals surface area contributed by atoms with Crippen molar-refractivity contribution >= 4 is 5.91 Å². The molecule has 0 saturated heterocycles. The molecule has 0 heterocycles. The molecule has 3 rings (SSSR count). The van der Waals surface area contributed by atoms with Crippen molar-refractivity contribution in [1.82, 2.24) is 5.32 Å². The van der Waals surface area contributed by atoms with Crippen LogP contribution in [0.2, 0.25) is 0 Å². The van der Waals surface area contributed by atoms with Gasteiger partial charge in [-0.1, -0.05) is 31.4 Å². The third kappa shape index (κ3) is 5.92. The molecule has 1 amide bonds. The van der Waals surface area contributed by atoms with Crippen LogP contribution < -0.4 is 24.3 Å². The Bertz CT molecular complexity index is 876. The van der Waals surface area contributed by atoms with Gasteiger partial charge in [0, 0.05) is 17.5 Å². The van der Waals surface area contributed by atoms with Crippen LogP contribution in [0.3, 0.4) is 0 Å². The molecule has 1 saturated carbocycles. The maximum atomic E-state index is 13.3. The third-order valence-electron chi connectivity index (χ3n) is 6.27. The maximum absolute atomic E-state index is 13.3. The first-order chi connectivity index (χ1) is 16.1. The average Bonchev–Trinajstić information content (AvgIpc) is 2.85. The Kier molecular flexibility index (Phi) is 8.87. The fourth-order valence-electron chi connectivity index (χ4n) is 4.61. The van der Waals surface area contributed by atoms with E-state index < -0.39 is 0 Å². The predicted octanol–water partition coefficient (Wildman–Crippen LogP) is 5.52. The van der Waals surface area contributed by atoms with Crippen molar-refractivity contribution in [2.75, 3.05) is 33.5 Å². The van der Waals surface area contributed by atoms with Crippen molar-refractivity contribution in [3.63, 3.8) is 0 Å². The number of carbonyl (C=O) groups is 1. The van der Waals surface area contributed by atoms with E-state index in [2.05, 4.69) is 17.4 Å². The minimum atomic E-state index is -0.140. The van der Waals surface area contributed by atoms with Crippen LogP contribution in [-0.2, 0) is 5.41 Å². The summed E-state index contributed by atoms with van der Waals surface area (Å²) in [5, 5.41) is 3.20. The van der Waals surface area contributed by atoms with Gasteiger partial charge in [-0.2, -0.15) is 0 Å². The zero-order valence-corrected chi connectivity index (χ0v) is 20.4. The lowest BCUT2D eigenvalue weighted by molar-refractivity contribution is 0.0935. The molecule has 1 aliphatic rings. The van der Waals surface area contributed by atoms with Crippen molar-refractivity contribution in [2.24, 2.45) is 0 Å². The molecule has 1 N–H and O–H groups in total. The number of nitrogens with one attached hydrogen (secondary N) is 1. The highest BCUT2D eigenvalue weighted by atomic mass is 16.5. The molecule has 2 aromatic rings. The van der Waals surface area contributed by atoms with Crippen molar-refractivity contribution in [2.45, 2.75) is 58.3 Å². The molecule has 2 aromatic carbocycles. The number of hydrogen-bond donors (Lipinski definition) is 1. The summed E-state index contributed by atoms with van der Waals surface area (Å²) in [5.41, 5.74) is 1.68. The van der Waals surface area contributed by atoms with Crippen LogP contribution in [0.4, 0.5) is 0 Å². The highest BCUT2D eigenvalue weighted by Gasteiger charge is 2.34. The topological polar surface area (TPSA) is 66.0 Å². The highest BCUT2D eigenvalue weighted by Crippen LogP contribution is 2.41. The molecular formula is C27H37NO5. The first kappa shape index (κ1) is 24.7. The number of carbonyl (C=O) groups excluding carboxylic acids is 1. The molecule has 1 fully saturated rings. The quantitative estimate of drug-likeness (QED) is 0.483. The lowest BCUT2D eigenvalue weighted by Crippen LogP contribution is -2.42. The zero-order valence-electron chi connectivity index (χ0n) is 20.4. The summed E-state index contributed by atoms with van der Waals surface area (Å²) in [6.45, 7) is 7.73. The largest absolute Gasteiger partial charge is 0.497 e. The van der Waals surface area contributed by atoms with E-state index in [1.807, 2.05) is 32.9 Å². The Labute approximate surface area is 197 Å². The molecular weight excluding hydrogens is 418 g/mol. The lowest BCUT2D eigenvalue weighted by Gasteiger charge is -2.38. The molecule has 0 spiro atoms. The Morgan fingerprint density at radius 1 is 0.879 bits per heavy atom. The van der Waals surface area contributed by atoms with Gasteiger partial charge in [-0.05, 0) is 63.4 Å². The van der Waals surface area contributed by atoms with Gasteiger partial charge in [-0.3, -0.25) is 4.79 Å². The van der Waals surface area contributed by atoms with Crippen molar-refractivity contribution < 1.29 is 23.7 Å². The first-order valence-corrected chi connectivity index (χ1v) is 12.1. The van der Waals surface area contributed by atoms with E-state index in [0.29, 0.717) is 49.2 Å². The minimum absolute atomic E-state index is 0.0725. The summed E-state index contributed by atoms with van der Waals surface area (Å²) >= 11 is 0. The molecule has 1 aliphatic carbocycles. The number of hydrogen-bond acceptors (Lipinski definition) is 5. The van der Waals surface area contributed by atoms with Gasteiger partial charge in [0.1, 0.15) is 5.75 Å². The summed E-state index contributed by atoms with van der Waals surface area (Å²) in [6, 6.07) is 11.8. The van der Waals surface area contributed by atoms with Crippen LogP contribution in [0.5, 0.6) is 23.0 Å². The van der Waals surface area contributed by atoms with Gasteiger partial charge in [-0.25, -0.2) is 0 Å². The molecule has 0 bridgehead atoms. The molecule has 0 unspecified atom stereocenters. The second-order valence-electron chi connectivity index (χ2n) is 8.35. The second kappa shape index (κ2) is 11.8. The van der Waals surface area contributed by atoms with E-state index in [0.717, 1.165) is 31.4 Å². The van der Waals surface area contributed by atoms with Crippen molar-refractivity contribution in [3.05, 3.63) is 47.5 Å². The Hall–Kier alpha value is -2.89. The predicted molar refractivity (Wildman–Crippen MR) is 130 cm³/mol. The minimum Gasteiger partial charge on any atom is -0.497 e. The normalized spacial score (nSPS) is 14.9. The fourth-order valence-corrected chi connectivity index (χ4v) is 4.61. The van der Waals surface area contributed by atoms with Gasteiger partial charge in [0.15, 0.2) is 11.5 Å². The van der Waals surface area contributed by atoms with Crippen LogP contribution in [0.1, 0.15) is 68.8 Å². The van der Waals surface area contributed by atoms with E-state index in [-0.39, 0.29) is 11.3 Å². The number of rotatable bonds is 11. The van der Waals surface area contributed by atoms with Gasteiger partial charge in [0.05, 0.1) is 26.9 Å². The standard InChI is InChI=1S/C27H37NO5/c1-5-31-23-17-20(18-24(32-6-2)25(23)33-7-3)26(29)28-19-27(15-9-8-10-16-27)21-11-13-22(30-4)14-12-21/h11-14,17-18H,5-10,15-16,19H2,1-4H3,(H,28,29). The number of amides is 1. The van der Waals surface area contributed by atoms with Crippen LogP contribution in [0, 0.1) is 0 Å². The van der Waals surface area contributed by atoms with E-state index in [1.54, 1.807) is 19.2 Å². The van der Waals surface area contributed by atoms with Crippen LogP contribution >= 0.6 is 0 Å². The van der Waals surface area contributed by atoms with Gasteiger partial charge >= 0.3 is 0 Å². The molecule has 0 atom stereocenters. The number of ether oxygens (including phenoxy) is 4. The monoisotopic (exact) mass is 455 g/mol. The Morgan fingerprint density at radius 2 is 1.45 bits per heavy atom. The van der Waals surface area contributed by atoms with Crippen molar-refractivity contribution in [1.29, 1.82) is 0 Å². The molecule has 0 aliphatic heterocycles. The zero-order chi connectivity index (χ0) is 23.7. The van der Waals surface area contributed by atoms with Crippen LogP contribution in [0.25, 0.3) is 0 Å². The number of benzene rings is 2. The molecule has 0 radical (unpaired) electrons. The van der Waals surface area contributed by atoms with Crippen molar-refractivity contribution in [3.8, 4) is 23.0 Å². The van der Waals surface area contributed by atoms with E-state index in [4.69, 9.17) is 18.9 Å². The van der Waals surface area contributed by atoms with E-state index in [9.17, 15) is 4.79 Å². The van der Waals surface area contributed by atoms with Crippen LogP contribution in [-0.4, -0.2) is 39.4 Å². The SMILES string of the molecule is CCOc1cc(C(=O)NCC2(c3ccc(OC)cc3)CCCCC2)cc(OCC)c1OCC. The highest BCUT2D eigenvalue weighted by molar-refractivity contribution is 5.95. The second-order valence-corrected chi connectivity index (χ2v) is 8.35.